The molecule has 0 unspecified atom stereocenters. The molecule has 0 aliphatic rings. The third-order valence-corrected chi connectivity index (χ3v) is 3.03. The van der Waals surface area contributed by atoms with Crippen molar-refractivity contribution < 1.29 is 0 Å². The van der Waals surface area contributed by atoms with E-state index in [9.17, 15) is 0 Å². The summed E-state index contributed by atoms with van der Waals surface area (Å²) in [6.07, 6.45) is 2.34. The Bertz CT molecular complexity index is 292. The van der Waals surface area contributed by atoms with E-state index < -0.39 is 0 Å². The van der Waals surface area contributed by atoms with Crippen LogP contribution in [0.1, 0.15) is 31.4 Å². The third-order valence-electron chi connectivity index (χ3n) is 3.03. The van der Waals surface area contributed by atoms with Gasteiger partial charge in [0.1, 0.15) is 0 Å². The quantitative estimate of drug-likeness (QED) is 0.696. The lowest BCUT2D eigenvalue weighted by Crippen LogP contribution is -2.18. The smallest absolute Gasteiger partial charge is 0.0230 e. The highest BCUT2D eigenvalue weighted by atomic mass is 15.1. The monoisotopic (exact) mass is 234 g/mol. The molecule has 2 nitrogen and oxygen atoms in total. The molecule has 0 radical (unpaired) electrons. The predicted molar refractivity (Wildman–Crippen MR) is 75.3 cm³/mol. The lowest BCUT2D eigenvalue weighted by Gasteiger charge is -2.14. The van der Waals surface area contributed by atoms with Gasteiger partial charge in [-0.15, -0.1) is 0 Å². The molecule has 0 heterocycles. The van der Waals surface area contributed by atoms with Gasteiger partial charge in [0, 0.05) is 6.54 Å². The van der Waals surface area contributed by atoms with Crippen molar-refractivity contribution in [2.24, 2.45) is 0 Å². The number of hydrogen-bond acceptors (Lipinski definition) is 2. The standard InChI is InChI=1S/C15H26N2/c1-4-11-16-12-10-14-6-8-15(9-7-14)13-17(3)5-2/h6-9,16H,4-5,10-13H2,1-3H3. The summed E-state index contributed by atoms with van der Waals surface area (Å²) >= 11 is 0. The van der Waals surface area contributed by atoms with Crippen LogP contribution in [0, 0.1) is 0 Å². The van der Waals surface area contributed by atoms with Crippen molar-refractivity contribution in [2.75, 3.05) is 26.7 Å². The van der Waals surface area contributed by atoms with Gasteiger partial charge in [0.25, 0.3) is 0 Å². The summed E-state index contributed by atoms with van der Waals surface area (Å²) in [7, 11) is 2.16. The molecule has 1 N–H and O–H groups in total. The lowest BCUT2D eigenvalue weighted by molar-refractivity contribution is 0.346. The number of nitrogens with one attached hydrogen (secondary N) is 1. The first-order chi connectivity index (χ1) is 8.26. The fourth-order valence-corrected chi connectivity index (χ4v) is 1.77. The molecule has 0 bridgehead atoms. The highest BCUT2D eigenvalue weighted by Gasteiger charge is 1.98. The largest absolute Gasteiger partial charge is 0.316 e. The molecule has 0 saturated heterocycles. The van der Waals surface area contributed by atoms with E-state index >= 15 is 0 Å². The summed E-state index contributed by atoms with van der Waals surface area (Å²) < 4.78 is 0. The van der Waals surface area contributed by atoms with Crippen molar-refractivity contribution in [2.45, 2.75) is 33.2 Å². The first kappa shape index (κ1) is 14.2. The van der Waals surface area contributed by atoms with Crippen LogP contribution in [0.4, 0.5) is 0 Å². The Hall–Kier alpha value is -0.860. The average Bonchev–Trinajstić information content (AvgIpc) is 2.36. The molecule has 96 valence electrons. The molecule has 0 aliphatic carbocycles. The molecule has 1 aromatic rings. The van der Waals surface area contributed by atoms with Crippen LogP contribution in [0.5, 0.6) is 0 Å². The summed E-state index contributed by atoms with van der Waals surface area (Å²) in [6.45, 7) is 8.74. The minimum absolute atomic E-state index is 1.05. The average molecular weight is 234 g/mol. The fraction of sp³-hybridized carbons (Fsp3) is 0.600. The van der Waals surface area contributed by atoms with Gasteiger partial charge in [-0.25, -0.2) is 0 Å². The Morgan fingerprint density at radius 1 is 1.00 bits per heavy atom. The minimum Gasteiger partial charge on any atom is -0.316 e. The third kappa shape index (κ3) is 5.85. The van der Waals surface area contributed by atoms with Crippen molar-refractivity contribution in [3.63, 3.8) is 0 Å². The van der Waals surface area contributed by atoms with Gasteiger partial charge in [0.05, 0.1) is 0 Å². The maximum Gasteiger partial charge on any atom is 0.0230 e. The van der Waals surface area contributed by atoms with Crippen LogP contribution in [0.3, 0.4) is 0 Å². The molecule has 17 heavy (non-hydrogen) atoms. The zero-order valence-corrected chi connectivity index (χ0v) is 11.5. The summed E-state index contributed by atoms with van der Waals surface area (Å²) in [4.78, 5) is 2.32. The van der Waals surface area contributed by atoms with Gasteiger partial charge in [-0.3, -0.25) is 0 Å². The highest BCUT2D eigenvalue weighted by molar-refractivity contribution is 5.22. The molecule has 0 aromatic heterocycles. The van der Waals surface area contributed by atoms with Gasteiger partial charge in [-0.05, 0) is 50.7 Å². The zero-order valence-electron chi connectivity index (χ0n) is 11.5. The second-order valence-corrected chi connectivity index (χ2v) is 4.65. The van der Waals surface area contributed by atoms with Crippen LogP contribution in [0.15, 0.2) is 24.3 Å². The van der Waals surface area contributed by atoms with E-state index in [2.05, 4.69) is 55.4 Å². The van der Waals surface area contributed by atoms with Gasteiger partial charge in [-0.2, -0.15) is 0 Å². The molecule has 0 aliphatic heterocycles. The number of hydrogen-bond donors (Lipinski definition) is 1. The van der Waals surface area contributed by atoms with Crippen LogP contribution in [-0.4, -0.2) is 31.6 Å². The summed E-state index contributed by atoms with van der Waals surface area (Å²) in [5.41, 5.74) is 2.83. The van der Waals surface area contributed by atoms with E-state index in [1.807, 2.05) is 0 Å². The van der Waals surface area contributed by atoms with Crippen LogP contribution in [0.2, 0.25) is 0 Å². The molecular formula is C15H26N2. The molecule has 0 amide bonds. The maximum absolute atomic E-state index is 3.43. The molecular weight excluding hydrogens is 208 g/mol. The maximum atomic E-state index is 3.43. The Balaban J connectivity index is 2.34. The normalized spacial score (nSPS) is 11.1. The second-order valence-electron chi connectivity index (χ2n) is 4.65. The van der Waals surface area contributed by atoms with Crippen molar-refractivity contribution in [1.29, 1.82) is 0 Å². The molecule has 0 saturated carbocycles. The fourth-order valence-electron chi connectivity index (χ4n) is 1.77. The van der Waals surface area contributed by atoms with Gasteiger partial charge in [0.15, 0.2) is 0 Å². The van der Waals surface area contributed by atoms with Gasteiger partial charge in [0.2, 0.25) is 0 Å². The topological polar surface area (TPSA) is 15.3 Å². The number of nitrogens with zero attached hydrogens (tertiary/aromatic N) is 1. The van der Waals surface area contributed by atoms with Crippen molar-refractivity contribution in [3.05, 3.63) is 35.4 Å². The Morgan fingerprint density at radius 2 is 1.65 bits per heavy atom. The number of benzene rings is 1. The van der Waals surface area contributed by atoms with Crippen LogP contribution in [0.25, 0.3) is 0 Å². The van der Waals surface area contributed by atoms with Gasteiger partial charge < -0.3 is 10.2 Å². The SMILES string of the molecule is CCCNCCc1ccc(CN(C)CC)cc1. The van der Waals surface area contributed by atoms with Crippen molar-refractivity contribution >= 4 is 0 Å². The molecule has 2 heteroatoms. The predicted octanol–water partition coefficient (Wildman–Crippen LogP) is 2.68. The first-order valence-electron chi connectivity index (χ1n) is 6.73. The lowest BCUT2D eigenvalue weighted by atomic mass is 10.1. The number of rotatable bonds is 8. The van der Waals surface area contributed by atoms with E-state index in [0.717, 1.165) is 32.6 Å². The summed E-state index contributed by atoms with van der Waals surface area (Å²) in [5, 5.41) is 3.43. The highest BCUT2D eigenvalue weighted by Crippen LogP contribution is 2.07. The van der Waals surface area contributed by atoms with Crippen molar-refractivity contribution in [1.82, 2.24) is 10.2 Å². The molecule has 0 fully saturated rings. The Morgan fingerprint density at radius 3 is 2.24 bits per heavy atom. The van der Waals surface area contributed by atoms with Crippen LogP contribution < -0.4 is 5.32 Å². The van der Waals surface area contributed by atoms with Gasteiger partial charge in [-0.1, -0.05) is 38.1 Å². The second kappa shape index (κ2) is 8.26. The van der Waals surface area contributed by atoms with Gasteiger partial charge >= 0.3 is 0 Å². The Kier molecular flexibility index (Phi) is 6.90. The van der Waals surface area contributed by atoms with E-state index in [1.54, 1.807) is 0 Å². The van der Waals surface area contributed by atoms with E-state index in [0.29, 0.717) is 0 Å². The van der Waals surface area contributed by atoms with E-state index in [1.165, 1.54) is 17.5 Å². The summed E-state index contributed by atoms with van der Waals surface area (Å²) in [6, 6.07) is 9.02. The summed E-state index contributed by atoms with van der Waals surface area (Å²) in [5.74, 6) is 0. The van der Waals surface area contributed by atoms with E-state index in [4.69, 9.17) is 0 Å². The van der Waals surface area contributed by atoms with Crippen LogP contribution >= 0.6 is 0 Å². The molecule has 0 spiro atoms. The minimum atomic E-state index is 1.05. The van der Waals surface area contributed by atoms with Crippen molar-refractivity contribution in [3.8, 4) is 0 Å². The molecule has 1 rings (SSSR count). The first-order valence-corrected chi connectivity index (χ1v) is 6.73. The molecule has 0 atom stereocenters. The molecule has 1 aromatic carbocycles. The Labute approximate surface area is 106 Å². The van der Waals surface area contributed by atoms with E-state index in [-0.39, 0.29) is 0 Å². The van der Waals surface area contributed by atoms with Crippen LogP contribution in [-0.2, 0) is 13.0 Å². The zero-order chi connectivity index (χ0) is 12.5.